The van der Waals surface area contributed by atoms with Crippen LogP contribution < -0.4 is 20.3 Å². The average molecular weight is 450 g/mol. The van der Waals surface area contributed by atoms with E-state index in [0.717, 1.165) is 55.8 Å². The molecule has 0 fully saturated rings. The second kappa shape index (κ2) is 12.5. The number of para-hydroxylation sites is 1. The predicted octanol–water partition coefficient (Wildman–Crippen LogP) is 2.94. The molecule has 0 spiro atoms. The van der Waals surface area contributed by atoms with Gasteiger partial charge in [0.25, 0.3) is 0 Å². The lowest BCUT2D eigenvalue weighted by atomic mass is 10.1. The standard InChI is InChI=1S/C25H35N7O/c1-20-29-30-24(32(20)3)19-28-25(27-17-15-21-11-13-23(33-4)14-12-21)26-16-8-18-31(2)22-9-6-5-7-10-22/h5-7,9-14H,8,15-19H2,1-4H3,(H2,26,27,28). The van der Waals surface area contributed by atoms with E-state index in [1.807, 2.05) is 36.7 Å². The van der Waals surface area contributed by atoms with Gasteiger partial charge in [-0.15, -0.1) is 10.2 Å². The number of benzene rings is 2. The van der Waals surface area contributed by atoms with Crippen LogP contribution in [0.25, 0.3) is 0 Å². The van der Waals surface area contributed by atoms with Crippen LogP contribution in [0.4, 0.5) is 5.69 Å². The smallest absolute Gasteiger partial charge is 0.191 e. The van der Waals surface area contributed by atoms with Gasteiger partial charge in [-0.2, -0.15) is 0 Å². The molecule has 0 bridgehead atoms. The number of aromatic nitrogens is 3. The number of hydrogen-bond acceptors (Lipinski definition) is 5. The third kappa shape index (κ3) is 7.52. The Bertz CT molecular complexity index is 999. The van der Waals surface area contributed by atoms with Crippen molar-refractivity contribution in [2.75, 3.05) is 38.7 Å². The number of guanidine groups is 1. The molecule has 3 aromatic rings. The van der Waals surface area contributed by atoms with Gasteiger partial charge in [0.2, 0.25) is 0 Å². The molecule has 8 heteroatoms. The highest BCUT2D eigenvalue weighted by Gasteiger charge is 2.06. The summed E-state index contributed by atoms with van der Waals surface area (Å²) in [6, 6.07) is 18.6. The van der Waals surface area contributed by atoms with E-state index in [4.69, 9.17) is 9.73 Å². The maximum Gasteiger partial charge on any atom is 0.191 e. The molecular weight excluding hydrogens is 414 g/mol. The second-order valence-electron chi connectivity index (χ2n) is 7.95. The van der Waals surface area contributed by atoms with E-state index in [0.29, 0.717) is 6.54 Å². The van der Waals surface area contributed by atoms with E-state index < -0.39 is 0 Å². The van der Waals surface area contributed by atoms with Gasteiger partial charge in [0, 0.05) is 39.4 Å². The molecule has 0 unspecified atom stereocenters. The molecule has 2 N–H and O–H groups in total. The Morgan fingerprint density at radius 2 is 1.76 bits per heavy atom. The Morgan fingerprint density at radius 1 is 1.03 bits per heavy atom. The zero-order chi connectivity index (χ0) is 23.5. The molecular formula is C25H35N7O. The highest BCUT2D eigenvalue weighted by molar-refractivity contribution is 5.79. The van der Waals surface area contributed by atoms with Crippen LogP contribution in [0.15, 0.2) is 59.6 Å². The minimum Gasteiger partial charge on any atom is -0.497 e. The molecule has 33 heavy (non-hydrogen) atoms. The number of nitrogens with zero attached hydrogens (tertiary/aromatic N) is 5. The van der Waals surface area contributed by atoms with Crippen molar-refractivity contribution in [3.05, 3.63) is 71.8 Å². The van der Waals surface area contributed by atoms with Crippen molar-refractivity contribution in [2.45, 2.75) is 26.3 Å². The van der Waals surface area contributed by atoms with Crippen LogP contribution in [0.5, 0.6) is 5.75 Å². The first-order valence-electron chi connectivity index (χ1n) is 11.3. The molecule has 0 radical (unpaired) electrons. The van der Waals surface area contributed by atoms with E-state index in [-0.39, 0.29) is 0 Å². The molecule has 176 valence electrons. The van der Waals surface area contributed by atoms with Gasteiger partial charge in [-0.25, -0.2) is 4.99 Å². The fourth-order valence-corrected chi connectivity index (χ4v) is 3.36. The van der Waals surface area contributed by atoms with Gasteiger partial charge in [0.05, 0.1) is 7.11 Å². The number of aliphatic imine (C=N–C) groups is 1. The molecule has 0 saturated heterocycles. The third-order valence-electron chi connectivity index (χ3n) is 5.59. The van der Waals surface area contributed by atoms with E-state index >= 15 is 0 Å². The van der Waals surface area contributed by atoms with Crippen LogP contribution in [0, 0.1) is 6.92 Å². The summed E-state index contributed by atoms with van der Waals surface area (Å²) >= 11 is 0. The molecule has 2 aromatic carbocycles. The van der Waals surface area contributed by atoms with Crippen molar-refractivity contribution in [3.63, 3.8) is 0 Å². The number of hydrogen-bond donors (Lipinski definition) is 2. The lowest BCUT2D eigenvalue weighted by Gasteiger charge is -2.19. The monoisotopic (exact) mass is 449 g/mol. The summed E-state index contributed by atoms with van der Waals surface area (Å²) in [7, 11) is 5.76. The molecule has 1 heterocycles. The molecule has 0 amide bonds. The molecule has 0 saturated carbocycles. The largest absolute Gasteiger partial charge is 0.497 e. The van der Waals surface area contributed by atoms with Crippen LogP contribution >= 0.6 is 0 Å². The first-order chi connectivity index (χ1) is 16.1. The minimum absolute atomic E-state index is 0.471. The number of nitrogens with one attached hydrogen (secondary N) is 2. The highest BCUT2D eigenvalue weighted by atomic mass is 16.5. The van der Waals surface area contributed by atoms with E-state index in [2.05, 4.69) is 69.2 Å². The summed E-state index contributed by atoms with van der Waals surface area (Å²) in [4.78, 5) is 7.00. The van der Waals surface area contributed by atoms with Gasteiger partial charge in [0.15, 0.2) is 11.8 Å². The summed E-state index contributed by atoms with van der Waals surface area (Å²) < 4.78 is 7.20. The first kappa shape index (κ1) is 24.1. The van der Waals surface area contributed by atoms with Gasteiger partial charge >= 0.3 is 0 Å². The van der Waals surface area contributed by atoms with Crippen molar-refractivity contribution in [1.29, 1.82) is 0 Å². The van der Waals surface area contributed by atoms with Crippen LogP contribution in [-0.4, -0.2) is 54.5 Å². The maximum absolute atomic E-state index is 5.24. The molecule has 8 nitrogen and oxygen atoms in total. The van der Waals surface area contributed by atoms with Gasteiger partial charge in [-0.1, -0.05) is 30.3 Å². The Labute approximate surface area is 196 Å². The molecule has 0 aliphatic rings. The fourth-order valence-electron chi connectivity index (χ4n) is 3.36. The van der Waals surface area contributed by atoms with Crippen molar-refractivity contribution in [2.24, 2.45) is 12.0 Å². The Hall–Kier alpha value is -3.55. The van der Waals surface area contributed by atoms with E-state index in [1.54, 1.807) is 7.11 Å². The van der Waals surface area contributed by atoms with Crippen molar-refractivity contribution < 1.29 is 4.74 Å². The first-order valence-corrected chi connectivity index (χ1v) is 11.3. The minimum atomic E-state index is 0.471. The molecule has 0 atom stereocenters. The van der Waals surface area contributed by atoms with Gasteiger partial charge in [-0.3, -0.25) is 0 Å². The van der Waals surface area contributed by atoms with Crippen molar-refractivity contribution >= 4 is 11.6 Å². The normalized spacial score (nSPS) is 11.3. The number of aryl methyl sites for hydroxylation is 1. The maximum atomic E-state index is 5.24. The topological polar surface area (TPSA) is 79.6 Å². The molecule has 1 aromatic heterocycles. The van der Waals surface area contributed by atoms with Crippen LogP contribution in [0.3, 0.4) is 0 Å². The zero-order valence-electron chi connectivity index (χ0n) is 20.1. The van der Waals surface area contributed by atoms with Crippen LogP contribution in [0.2, 0.25) is 0 Å². The van der Waals surface area contributed by atoms with Gasteiger partial charge < -0.3 is 24.8 Å². The Morgan fingerprint density at radius 3 is 2.42 bits per heavy atom. The Balaban J connectivity index is 1.52. The SMILES string of the molecule is COc1ccc(CCNC(=NCc2nnc(C)n2C)NCCCN(C)c2ccccc2)cc1. The number of methoxy groups -OCH3 is 1. The number of anilines is 1. The number of ether oxygens (including phenoxy) is 1. The zero-order valence-corrected chi connectivity index (χ0v) is 20.1. The van der Waals surface area contributed by atoms with E-state index in [1.165, 1.54) is 11.3 Å². The summed E-state index contributed by atoms with van der Waals surface area (Å²) in [6.45, 7) is 4.97. The third-order valence-corrected chi connectivity index (χ3v) is 5.59. The summed E-state index contributed by atoms with van der Waals surface area (Å²) in [5.74, 6) is 3.38. The van der Waals surface area contributed by atoms with Crippen LogP contribution in [-0.2, 0) is 20.0 Å². The highest BCUT2D eigenvalue weighted by Crippen LogP contribution is 2.12. The molecule has 0 aliphatic heterocycles. The average Bonchev–Trinajstić information content (AvgIpc) is 3.17. The van der Waals surface area contributed by atoms with Crippen molar-refractivity contribution in [1.82, 2.24) is 25.4 Å². The van der Waals surface area contributed by atoms with E-state index in [9.17, 15) is 0 Å². The quantitative estimate of drug-likeness (QED) is 0.266. The summed E-state index contributed by atoms with van der Waals surface area (Å²) in [5, 5.41) is 15.2. The molecule has 0 aliphatic carbocycles. The summed E-state index contributed by atoms with van der Waals surface area (Å²) in [5.41, 5.74) is 2.47. The fraction of sp³-hybridized carbons (Fsp3) is 0.400. The lowest BCUT2D eigenvalue weighted by molar-refractivity contribution is 0.414. The summed E-state index contributed by atoms with van der Waals surface area (Å²) in [6.07, 6.45) is 1.89. The second-order valence-corrected chi connectivity index (χ2v) is 7.95. The lowest BCUT2D eigenvalue weighted by Crippen LogP contribution is -2.39. The predicted molar refractivity (Wildman–Crippen MR) is 134 cm³/mol. The molecule has 3 rings (SSSR count). The van der Waals surface area contributed by atoms with Crippen molar-refractivity contribution in [3.8, 4) is 5.75 Å². The number of rotatable bonds is 11. The van der Waals surface area contributed by atoms with Gasteiger partial charge in [0.1, 0.15) is 18.1 Å². The van der Waals surface area contributed by atoms with Crippen LogP contribution in [0.1, 0.15) is 23.6 Å². The van der Waals surface area contributed by atoms with Gasteiger partial charge in [-0.05, 0) is 49.6 Å². The Kier molecular flexibility index (Phi) is 9.11.